The number of aromatic nitrogens is 1. The van der Waals surface area contributed by atoms with E-state index in [2.05, 4.69) is 50.9 Å². The molecule has 1 aromatic heterocycles. The minimum atomic E-state index is 0. The van der Waals surface area contributed by atoms with E-state index in [1.165, 1.54) is 23.3 Å². The standard InChI is InChI=1S/C17H22N4S.HI/c1-13-19-10-15(22-13)11-20-16(18-2)21-12-17(8-9-17)14-6-4-3-5-7-14;/h3-7,10H,8-9,11-12H2,1-2H3,(H2,18,20,21);1H. The fourth-order valence-corrected chi connectivity index (χ4v) is 3.38. The Morgan fingerprint density at radius 1 is 1.26 bits per heavy atom. The van der Waals surface area contributed by atoms with Crippen molar-refractivity contribution >= 4 is 41.3 Å². The molecule has 1 fully saturated rings. The van der Waals surface area contributed by atoms with Gasteiger partial charge in [-0.05, 0) is 25.3 Å². The Bertz CT molecular complexity index is 650. The van der Waals surface area contributed by atoms with Crippen LogP contribution in [0.1, 0.15) is 28.3 Å². The van der Waals surface area contributed by atoms with Gasteiger partial charge in [0, 0.05) is 30.1 Å². The summed E-state index contributed by atoms with van der Waals surface area (Å²) >= 11 is 1.72. The summed E-state index contributed by atoms with van der Waals surface area (Å²) in [6.07, 6.45) is 4.41. The number of hydrogen-bond donors (Lipinski definition) is 2. The van der Waals surface area contributed by atoms with E-state index in [1.807, 2.05) is 20.2 Å². The van der Waals surface area contributed by atoms with Gasteiger partial charge in [0.05, 0.1) is 11.6 Å². The molecule has 0 amide bonds. The normalized spacial score (nSPS) is 15.7. The van der Waals surface area contributed by atoms with Crippen molar-refractivity contribution in [2.24, 2.45) is 4.99 Å². The minimum Gasteiger partial charge on any atom is -0.356 e. The second-order valence-electron chi connectivity index (χ2n) is 5.77. The van der Waals surface area contributed by atoms with Gasteiger partial charge < -0.3 is 10.6 Å². The molecule has 1 aliphatic rings. The molecular formula is C17H23IN4S. The molecule has 0 bridgehead atoms. The van der Waals surface area contributed by atoms with Crippen LogP contribution in [-0.4, -0.2) is 24.5 Å². The summed E-state index contributed by atoms with van der Waals surface area (Å²) < 4.78 is 0. The predicted octanol–water partition coefficient (Wildman–Crippen LogP) is 3.47. The van der Waals surface area contributed by atoms with E-state index in [-0.39, 0.29) is 24.0 Å². The molecular weight excluding hydrogens is 419 g/mol. The first-order valence-corrected chi connectivity index (χ1v) is 8.45. The van der Waals surface area contributed by atoms with E-state index in [0.29, 0.717) is 5.41 Å². The zero-order valence-electron chi connectivity index (χ0n) is 13.5. The number of rotatable bonds is 5. The number of guanidine groups is 1. The first-order chi connectivity index (χ1) is 10.7. The number of benzene rings is 1. The molecule has 23 heavy (non-hydrogen) atoms. The molecule has 4 nitrogen and oxygen atoms in total. The molecule has 0 saturated heterocycles. The summed E-state index contributed by atoms with van der Waals surface area (Å²) in [6, 6.07) is 10.8. The van der Waals surface area contributed by atoms with Gasteiger partial charge in [-0.2, -0.15) is 0 Å². The van der Waals surface area contributed by atoms with Gasteiger partial charge in [-0.1, -0.05) is 30.3 Å². The van der Waals surface area contributed by atoms with Crippen LogP contribution in [0.25, 0.3) is 0 Å². The lowest BCUT2D eigenvalue weighted by Crippen LogP contribution is -2.40. The topological polar surface area (TPSA) is 49.3 Å². The van der Waals surface area contributed by atoms with Gasteiger partial charge in [0.1, 0.15) is 0 Å². The summed E-state index contributed by atoms with van der Waals surface area (Å²) in [5, 5.41) is 7.93. The quantitative estimate of drug-likeness (QED) is 0.424. The summed E-state index contributed by atoms with van der Waals surface area (Å²) in [5.41, 5.74) is 1.72. The molecule has 0 aliphatic heterocycles. The zero-order valence-corrected chi connectivity index (χ0v) is 16.7. The van der Waals surface area contributed by atoms with Crippen LogP contribution in [0.3, 0.4) is 0 Å². The summed E-state index contributed by atoms with van der Waals surface area (Å²) in [7, 11) is 1.81. The highest BCUT2D eigenvalue weighted by Crippen LogP contribution is 2.47. The lowest BCUT2D eigenvalue weighted by molar-refractivity contribution is 0.646. The molecule has 1 aromatic carbocycles. The van der Waals surface area contributed by atoms with Gasteiger partial charge in [0.2, 0.25) is 0 Å². The van der Waals surface area contributed by atoms with Crippen molar-refractivity contribution in [3.63, 3.8) is 0 Å². The molecule has 0 atom stereocenters. The predicted molar refractivity (Wildman–Crippen MR) is 108 cm³/mol. The van der Waals surface area contributed by atoms with Crippen LogP contribution in [0.2, 0.25) is 0 Å². The Morgan fingerprint density at radius 2 is 2.00 bits per heavy atom. The van der Waals surface area contributed by atoms with Crippen molar-refractivity contribution in [3.8, 4) is 0 Å². The number of nitrogens with one attached hydrogen (secondary N) is 2. The Labute approximate surface area is 158 Å². The molecule has 2 N–H and O–H groups in total. The molecule has 1 saturated carbocycles. The van der Waals surface area contributed by atoms with Crippen LogP contribution in [0.4, 0.5) is 0 Å². The number of thiazole rings is 1. The first kappa shape index (κ1) is 18.2. The molecule has 0 unspecified atom stereocenters. The summed E-state index contributed by atoms with van der Waals surface area (Å²) in [6.45, 7) is 3.72. The van der Waals surface area contributed by atoms with E-state index in [0.717, 1.165) is 24.1 Å². The van der Waals surface area contributed by atoms with Crippen LogP contribution < -0.4 is 10.6 Å². The van der Waals surface area contributed by atoms with Crippen LogP contribution in [0.5, 0.6) is 0 Å². The maximum absolute atomic E-state index is 4.31. The highest BCUT2D eigenvalue weighted by Gasteiger charge is 2.43. The third-order valence-electron chi connectivity index (χ3n) is 4.16. The Morgan fingerprint density at radius 3 is 2.57 bits per heavy atom. The minimum absolute atomic E-state index is 0. The van der Waals surface area contributed by atoms with Crippen molar-refractivity contribution in [1.29, 1.82) is 0 Å². The number of hydrogen-bond acceptors (Lipinski definition) is 3. The van der Waals surface area contributed by atoms with E-state index in [1.54, 1.807) is 11.3 Å². The van der Waals surface area contributed by atoms with Gasteiger partial charge in [-0.15, -0.1) is 35.3 Å². The molecule has 1 heterocycles. The van der Waals surface area contributed by atoms with Crippen molar-refractivity contribution < 1.29 is 0 Å². The molecule has 2 aromatic rings. The monoisotopic (exact) mass is 442 g/mol. The van der Waals surface area contributed by atoms with Gasteiger partial charge in [-0.25, -0.2) is 4.98 Å². The second kappa shape index (κ2) is 8.10. The van der Waals surface area contributed by atoms with Crippen LogP contribution >= 0.6 is 35.3 Å². The molecule has 3 rings (SSSR count). The van der Waals surface area contributed by atoms with Crippen molar-refractivity contribution in [1.82, 2.24) is 15.6 Å². The lowest BCUT2D eigenvalue weighted by atomic mass is 9.96. The molecule has 124 valence electrons. The SMILES string of the molecule is CN=C(NCc1cnc(C)s1)NCC1(c2ccccc2)CC1.I. The van der Waals surface area contributed by atoms with E-state index < -0.39 is 0 Å². The maximum Gasteiger partial charge on any atom is 0.191 e. The third kappa shape index (κ3) is 4.67. The van der Waals surface area contributed by atoms with Crippen molar-refractivity contribution in [2.75, 3.05) is 13.6 Å². The number of nitrogens with zero attached hydrogens (tertiary/aromatic N) is 2. The molecule has 1 aliphatic carbocycles. The number of halogens is 1. The Kier molecular flexibility index (Phi) is 6.41. The lowest BCUT2D eigenvalue weighted by Gasteiger charge is -2.18. The first-order valence-electron chi connectivity index (χ1n) is 7.63. The Hall–Kier alpha value is -1.15. The zero-order chi connectivity index (χ0) is 15.4. The number of aliphatic imine (C=N–C) groups is 1. The van der Waals surface area contributed by atoms with Crippen molar-refractivity contribution in [2.45, 2.75) is 31.7 Å². The van der Waals surface area contributed by atoms with E-state index >= 15 is 0 Å². The summed E-state index contributed by atoms with van der Waals surface area (Å²) in [4.78, 5) is 9.81. The Balaban J connectivity index is 0.00000192. The average Bonchev–Trinajstić information content (AvgIpc) is 3.24. The van der Waals surface area contributed by atoms with Crippen molar-refractivity contribution in [3.05, 3.63) is 52.0 Å². The van der Waals surface area contributed by atoms with E-state index in [9.17, 15) is 0 Å². The van der Waals surface area contributed by atoms with Gasteiger partial charge in [0.15, 0.2) is 5.96 Å². The van der Waals surface area contributed by atoms with Gasteiger partial charge >= 0.3 is 0 Å². The molecule has 0 spiro atoms. The third-order valence-corrected chi connectivity index (χ3v) is 5.07. The maximum atomic E-state index is 4.31. The van der Waals surface area contributed by atoms with Crippen LogP contribution in [0.15, 0.2) is 41.5 Å². The van der Waals surface area contributed by atoms with Gasteiger partial charge in [-0.3, -0.25) is 4.99 Å². The smallest absolute Gasteiger partial charge is 0.191 e. The highest BCUT2D eigenvalue weighted by atomic mass is 127. The van der Waals surface area contributed by atoms with Gasteiger partial charge in [0.25, 0.3) is 0 Å². The molecule has 0 radical (unpaired) electrons. The fourth-order valence-electron chi connectivity index (χ4n) is 2.64. The molecule has 6 heteroatoms. The average molecular weight is 442 g/mol. The summed E-state index contributed by atoms with van der Waals surface area (Å²) in [5.74, 6) is 0.855. The van der Waals surface area contributed by atoms with E-state index in [4.69, 9.17) is 0 Å². The van der Waals surface area contributed by atoms with Crippen LogP contribution in [-0.2, 0) is 12.0 Å². The fraction of sp³-hybridized carbons (Fsp3) is 0.412. The largest absolute Gasteiger partial charge is 0.356 e. The number of aryl methyl sites for hydroxylation is 1. The van der Waals surface area contributed by atoms with Crippen LogP contribution in [0, 0.1) is 6.92 Å². The highest BCUT2D eigenvalue weighted by molar-refractivity contribution is 14.0. The second-order valence-corrected chi connectivity index (χ2v) is 7.09.